The van der Waals surface area contributed by atoms with E-state index in [4.69, 9.17) is 5.11 Å². The summed E-state index contributed by atoms with van der Waals surface area (Å²) in [4.78, 5) is 22.6. The topological polar surface area (TPSA) is 91.8 Å². The summed E-state index contributed by atoms with van der Waals surface area (Å²) in [6.45, 7) is 2.01. The molecule has 1 heterocycles. The summed E-state index contributed by atoms with van der Waals surface area (Å²) in [6, 6.07) is 3.53. The minimum atomic E-state index is -3.90. The Balaban J connectivity index is 2.51. The maximum atomic E-state index is 12.2. The normalized spacial score (nSPS) is 16.5. The summed E-state index contributed by atoms with van der Waals surface area (Å²) >= 11 is 0. The molecule has 0 aliphatic carbocycles. The van der Waals surface area contributed by atoms with Crippen molar-refractivity contribution in [2.75, 3.05) is 6.54 Å². The van der Waals surface area contributed by atoms with Gasteiger partial charge in [-0.25, -0.2) is 17.5 Å². The van der Waals surface area contributed by atoms with E-state index in [0.717, 1.165) is 16.8 Å². The van der Waals surface area contributed by atoms with Gasteiger partial charge in [0.25, 0.3) is 15.9 Å². The summed E-state index contributed by atoms with van der Waals surface area (Å²) in [7, 11) is -3.90. The lowest BCUT2D eigenvalue weighted by atomic mass is 10.1. The van der Waals surface area contributed by atoms with Gasteiger partial charge in [0.05, 0.1) is 11.1 Å². The fourth-order valence-electron chi connectivity index (χ4n) is 1.93. The van der Waals surface area contributed by atoms with Crippen LogP contribution < -0.4 is 0 Å². The maximum absolute atomic E-state index is 12.2. The van der Waals surface area contributed by atoms with Crippen LogP contribution in [0.15, 0.2) is 23.1 Å². The molecule has 0 aromatic heterocycles. The number of hydrogen-bond acceptors (Lipinski definition) is 4. The number of hydrogen-bond donors (Lipinski definition) is 1. The van der Waals surface area contributed by atoms with Gasteiger partial charge in [0.2, 0.25) is 0 Å². The fourth-order valence-corrected chi connectivity index (χ4v) is 3.56. The van der Waals surface area contributed by atoms with Gasteiger partial charge in [0.15, 0.2) is 0 Å². The number of carboxylic acid groups (broad SMARTS) is 1. The SMILES string of the molecule is CCCCN1C(=O)c2ccc(C(=O)O)cc2S1(=O)=O. The second-order valence-electron chi connectivity index (χ2n) is 4.25. The van der Waals surface area contributed by atoms with Crippen molar-refractivity contribution >= 4 is 21.9 Å². The average molecular weight is 283 g/mol. The number of nitrogens with zero attached hydrogens (tertiary/aromatic N) is 1. The number of carbonyl (C=O) groups excluding carboxylic acids is 1. The highest BCUT2D eigenvalue weighted by atomic mass is 32.2. The number of aromatic carboxylic acids is 1. The first-order chi connectivity index (χ1) is 8.89. The summed E-state index contributed by atoms with van der Waals surface area (Å²) in [5, 5.41) is 8.87. The lowest BCUT2D eigenvalue weighted by Crippen LogP contribution is -2.30. The molecule has 102 valence electrons. The molecule has 0 bridgehead atoms. The maximum Gasteiger partial charge on any atom is 0.335 e. The van der Waals surface area contributed by atoms with Gasteiger partial charge >= 0.3 is 5.97 Å². The quantitative estimate of drug-likeness (QED) is 0.900. The van der Waals surface area contributed by atoms with Gasteiger partial charge in [0, 0.05) is 6.54 Å². The van der Waals surface area contributed by atoms with Crippen molar-refractivity contribution in [2.24, 2.45) is 0 Å². The molecule has 0 saturated carbocycles. The van der Waals surface area contributed by atoms with Crippen LogP contribution in [0.3, 0.4) is 0 Å². The number of unbranched alkanes of at least 4 members (excludes halogenated alkanes) is 1. The molecule has 1 aliphatic heterocycles. The molecule has 6 nitrogen and oxygen atoms in total. The van der Waals surface area contributed by atoms with E-state index in [1.807, 2.05) is 6.92 Å². The summed E-state index contributed by atoms with van der Waals surface area (Å²) in [5.41, 5.74) is -0.103. The summed E-state index contributed by atoms with van der Waals surface area (Å²) < 4.78 is 25.2. The van der Waals surface area contributed by atoms with Crippen molar-refractivity contribution in [2.45, 2.75) is 24.7 Å². The molecule has 0 radical (unpaired) electrons. The zero-order chi connectivity index (χ0) is 14.2. The van der Waals surface area contributed by atoms with E-state index < -0.39 is 21.9 Å². The van der Waals surface area contributed by atoms with Gasteiger partial charge in [-0.05, 0) is 24.6 Å². The largest absolute Gasteiger partial charge is 0.478 e. The van der Waals surface area contributed by atoms with Crippen molar-refractivity contribution in [1.29, 1.82) is 0 Å². The third-order valence-electron chi connectivity index (χ3n) is 2.97. The molecule has 1 N–H and O–H groups in total. The van der Waals surface area contributed by atoms with E-state index in [1.54, 1.807) is 0 Å². The molecule has 19 heavy (non-hydrogen) atoms. The van der Waals surface area contributed by atoms with Gasteiger partial charge in [0.1, 0.15) is 4.90 Å². The molecule has 1 aliphatic rings. The fraction of sp³-hybridized carbons (Fsp3) is 0.333. The van der Waals surface area contributed by atoms with Crippen molar-refractivity contribution in [3.8, 4) is 0 Å². The molecule has 0 spiro atoms. The van der Waals surface area contributed by atoms with Crippen LogP contribution in [0.1, 0.15) is 40.5 Å². The number of carbonyl (C=O) groups is 2. The monoisotopic (exact) mass is 283 g/mol. The van der Waals surface area contributed by atoms with Gasteiger partial charge in [-0.3, -0.25) is 4.79 Å². The molecule has 1 aromatic carbocycles. The number of carboxylic acids is 1. The first-order valence-corrected chi connectivity index (χ1v) is 7.28. The van der Waals surface area contributed by atoms with Crippen LogP contribution in [0.25, 0.3) is 0 Å². The Labute approximate surface area is 110 Å². The van der Waals surface area contributed by atoms with Gasteiger partial charge in [-0.15, -0.1) is 0 Å². The van der Waals surface area contributed by atoms with Gasteiger partial charge < -0.3 is 5.11 Å². The molecular weight excluding hydrogens is 270 g/mol. The van der Waals surface area contributed by atoms with Crippen molar-refractivity contribution in [1.82, 2.24) is 4.31 Å². The Morgan fingerprint density at radius 2 is 2.05 bits per heavy atom. The summed E-state index contributed by atoms with van der Waals surface area (Å²) in [5.74, 6) is -1.81. The van der Waals surface area contributed by atoms with Crippen LogP contribution in [0.5, 0.6) is 0 Å². The first kappa shape index (κ1) is 13.5. The van der Waals surface area contributed by atoms with E-state index in [2.05, 4.69) is 0 Å². The predicted octanol–water partition coefficient (Wildman–Crippen LogP) is 1.33. The van der Waals surface area contributed by atoms with Crippen LogP contribution in [0.4, 0.5) is 0 Å². The highest BCUT2D eigenvalue weighted by molar-refractivity contribution is 7.90. The zero-order valence-corrected chi connectivity index (χ0v) is 11.1. The number of sulfonamides is 1. The van der Waals surface area contributed by atoms with Crippen molar-refractivity contribution in [3.63, 3.8) is 0 Å². The predicted molar refractivity (Wildman–Crippen MR) is 66.5 cm³/mol. The highest BCUT2D eigenvalue weighted by Crippen LogP contribution is 2.31. The second-order valence-corrected chi connectivity index (χ2v) is 6.08. The third kappa shape index (κ3) is 2.10. The zero-order valence-electron chi connectivity index (χ0n) is 10.3. The Hall–Kier alpha value is -1.89. The van der Waals surface area contributed by atoms with Crippen LogP contribution in [0, 0.1) is 0 Å². The lowest BCUT2D eigenvalue weighted by molar-refractivity contribution is 0.0695. The van der Waals surface area contributed by atoms with Crippen LogP contribution >= 0.6 is 0 Å². The molecule has 0 atom stereocenters. The molecule has 1 aromatic rings. The van der Waals surface area contributed by atoms with E-state index in [1.165, 1.54) is 12.1 Å². The van der Waals surface area contributed by atoms with E-state index in [0.29, 0.717) is 6.42 Å². The molecule has 2 rings (SSSR count). The van der Waals surface area contributed by atoms with Crippen molar-refractivity contribution < 1.29 is 23.1 Å². The molecule has 0 fully saturated rings. The van der Waals surface area contributed by atoms with Crippen LogP contribution in [-0.2, 0) is 10.0 Å². The Morgan fingerprint density at radius 1 is 1.37 bits per heavy atom. The Bertz CT molecular complexity index is 650. The van der Waals surface area contributed by atoms with Crippen LogP contribution in [0.2, 0.25) is 0 Å². The summed E-state index contributed by atoms with van der Waals surface area (Å²) in [6.07, 6.45) is 1.33. The molecule has 0 saturated heterocycles. The highest BCUT2D eigenvalue weighted by Gasteiger charge is 2.40. The molecule has 7 heteroatoms. The molecular formula is C12H13NO5S. The van der Waals surface area contributed by atoms with Crippen molar-refractivity contribution in [3.05, 3.63) is 29.3 Å². The first-order valence-electron chi connectivity index (χ1n) is 5.84. The van der Waals surface area contributed by atoms with Crippen LogP contribution in [-0.4, -0.2) is 36.3 Å². The van der Waals surface area contributed by atoms with Gasteiger partial charge in [-0.1, -0.05) is 13.3 Å². The minimum absolute atomic E-state index is 0.0427. The average Bonchev–Trinajstić information content (AvgIpc) is 2.55. The Morgan fingerprint density at radius 3 is 2.63 bits per heavy atom. The number of benzene rings is 1. The minimum Gasteiger partial charge on any atom is -0.478 e. The third-order valence-corrected chi connectivity index (χ3v) is 4.79. The Kier molecular flexibility index (Phi) is 3.32. The standard InChI is InChI=1S/C12H13NO5S/c1-2-3-6-13-11(14)9-5-4-8(12(15)16)7-10(9)19(13,17)18/h4-5,7H,2-3,6H2,1H3,(H,15,16). The smallest absolute Gasteiger partial charge is 0.335 e. The number of rotatable bonds is 4. The van der Waals surface area contributed by atoms with E-state index >= 15 is 0 Å². The lowest BCUT2D eigenvalue weighted by Gasteiger charge is -2.13. The molecule has 1 amide bonds. The molecule has 0 unspecified atom stereocenters. The number of amides is 1. The van der Waals surface area contributed by atoms with E-state index in [9.17, 15) is 18.0 Å². The second kappa shape index (κ2) is 4.65. The number of fused-ring (bicyclic) bond motifs is 1. The van der Waals surface area contributed by atoms with Gasteiger partial charge in [-0.2, -0.15) is 0 Å². The van der Waals surface area contributed by atoms with E-state index in [-0.39, 0.29) is 22.6 Å².